The highest BCUT2D eigenvalue weighted by Gasteiger charge is 2.23. The summed E-state index contributed by atoms with van der Waals surface area (Å²) in [7, 11) is 0. The molecule has 1 aromatic carbocycles. The van der Waals surface area contributed by atoms with Crippen LogP contribution in [-0.2, 0) is 4.79 Å². The van der Waals surface area contributed by atoms with Gasteiger partial charge in [-0.2, -0.15) is 0 Å². The first kappa shape index (κ1) is 17.7. The molecule has 1 saturated heterocycles. The van der Waals surface area contributed by atoms with Gasteiger partial charge in [-0.3, -0.25) is 4.79 Å². The quantitative estimate of drug-likeness (QED) is 0.652. The molecule has 1 amide bonds. The monoisotopic (exact) mass is 362 g/mol. The van der Waals surface area contributed by atoms with Crippen LogP contribution in [0.5, 0.6) is 0 Å². The van der Waals surface area contributed by atoms with Crippen LogP contribution in [0.15, 0.2) is 48.8 Å². The van der Waals surface area contributed by atoms with E-state index in [2.05, 4.69) is 57.9 Å². The van der Waals surface area contributed by atoms with Gasteiger partial charge in [0.15, 0.2) is 0 Å². The zero-order valence-electron chi connectivity index (χ0n) is 15.7. The van der Waals surface area contributed by atoms with Crippen molar-refractivity contribution in [2.45, 2.75) is 38.1 Å². The summed E-state index contributed by atoms with van der Waals surface area (Å²) >= 11 is 0. The third kappa shape index (κ3) is 4.03. The molecular weight excluding hydrogens is 336 g/mol. The van der Waals surface area contributed by atoms with E-state index in [9.17, 15) is 4.79 Å². The van der Waals surface area contributed by atoms with Gasteiger partial charge < -0.3 is 15.6 Å². The molecule has 1 aliphatic rings. The Hall–Kier alpha value is -2.66. The average Bonchev–Trinajstić information content (AvgIpc) is 3.11. The van der Waals surface area contributed by atoms with Crippen molar-refractivity contribution in [2.24, 2.45) is 0 Å². The molecule has 0 radical (unpaired) electrons. The summed E-state index contributed by atoms with van der Waals surface area (Å²) in [6.45, 7) is 4.03. The van der Waals surface area contributed by atoms with Crippen LogP contribution in [0.4, 0.5) is 0 Å². The fourth-order valence-electron chi connectivity index (χ4n) is 4.00. The van der Waals surface area contributed by atoms with Crippen molar-refractivity contribution in [1.82, 2.24) is 20.6 Å². The number of aromatic amines is 1. The number of aryl methyl sites for hydroxylation is 1. The number of carbonyl (C=O) groups is 1. The average molecular weight is 362 g/mol. The normalized spacial score (nSPS) is 16.3. The van der Waals surface area contributed by atoms with Gasteiger partial charge in [0.05, 0.1) is 0 Å². The van der Waals surface area contributed by atoms with Crippen molar-refractivity contribution in [3.63, 3.8) is 0 Å². The van der Waals surface area contributed by atoms with Gasteiger partial charge in [-0.05, 0) is 56.1 Å². The van der Waals surface area contributed by atoms with Crippen LogP contribution in [0.3, 0.4) is 0 Å². The summed E-state index contributed by atoms with van der Waals surface area (Å²) in [6.07, 6.45) is 6.22. The van der Waals surface area contributed by atoms with Crippen molar-refractivity contribution in [3.8, 4) is 0 Å². The lowest BCUT2D eigenvalue weighted by Gasteiger charge is -2.25. The molecule has 1 fully saturated rings. The minimum Gasteiger partial charge on any atom is -0.353 e. The Labute approximate surface area is 159 Å². The molecule has 140 valence electrons. The lowest BCUT2D eigenvalue weighted by Crippen LogP contribution is -2.43. The van der Waals surface area contributed by atoms with Gasteiger partial charge in [0, 0.05) is 36.2 Å². The molecule has 3 aromatic rings. The van der Waals surface area contributed by atoms with Crippen LogP contribution in [0.25, 0.3) is 11.0 Å². The maximum atomic E-state index is 12.9. The molecule has 1 unspecified atom stereocenters. The Morgan fingerprint density at radius 1 is 1.26 bits per heavy atom. The molecule has 1 aliphatic heterocycles. The summed E-state index contributed by atoms with van der Waals surface area (Å²) in [5, 5.41) is 7.66. The van der Waals surface area contributed by atoms with Gasteiger partial charge in [0.1, 0.15) is 5.65 Å². The van der Waals surface area contributed by atoms with E-state index in [-0.39, 0.29) is 17.9 Å². The van der Waals surface area contributed by atoms with Crippen LogP contribution in [0.2, 0.25) is 0 Å². The molecule has 2 aromatic heterocycles. The van der Waals surface area contributed by atoms with E-state index < -0.39 is 0 Å². The third-order valence-corrected chi connectivity index (χ3v) is 5.40. The van der Waals surface area contributed by atoms with E-state index in [0.717, 1.165) is 42.5 Å². The number of aromatic nitrogens is 2. The molecule has 3 N–H and O–H groups in total. The minimum atomic E-state index is 0.00423. The third-order valence-electron chi connectivity index (χ3n) is 5.40. The minimum absolute atomic E-state index is 0.00423. The number of hydrogen-bond acceptors (Lipinski definition) is 3. The second-order valence-electron chi connectivity index (χ2n) is 7.41. The van der Waals surface area contributed by atoms with Gasteiger partial charge in [-0.1, -0.05) is 29.8 Å². The molecular formula is C22H26N4O. The molecule has 27 heavy (non-hydrogen) atoms. The highest BCUT2D eigenvalue weighted by molar-refractivity contribution is 5.83. The Kier molecular flexibility index (Phi) is 5.21. The molecule has 0 aliphatic carbocycles. The standard InChI is InChI=1S/C22H26N4O/c1-15-4-2-5-16(12-15)19(13-21(27)26-17-7-10-23-11-8-17)20-14-25-22-18(20)6-3-9-24-22/h2-6,9,12,14,17,19,23H,7-8,10-11,13H2,1H3,(H,24,25)(H,26,27). The maximum Gasteiger partial charge on any atom is 0.221 e. The lowest BCUT2D eigenvalue weighted by molar-refractivity contribution is -0.122. The summed E-state index contributed by atoms with van der Waals surface area (Å²) in [6, 6.07) is 12.7. The SMILES string of the molecule is Cc1cccc(C(CC(=O)NC2CCNCC2)c2c[nH]c3ncccc23)c1. The van der Waals surface area contributed by atoms with E-state index in [1.54, 1.807) is 6.20 Å². The van der Waals surface area contributed by atoms with Crippen molar-refractivity contribution in [3.05, 3.63) is 65.5 Å². The highest BCUT2D eigenvalue weighted by Crippen LogP contribution is 2.33. The highest BCUT2D eigenvalue weighted by atomic mass is 16.1. The van der Waals surface area contributed by atoms with Crippen LogP contribution >= 0.6 is 0 Å². The Balaban J connectivity index is 1.63. The molecule has 0 saturated carbocycles. The van der Waals surface area contributed by atoms with Crippen LogP contribution in [0.1, 0.15) is 41.9 Å². The van der Waals surface area contributed by atoms with Crippen molar-refractivity contribution < 1.29 is 4.79 Å². The first-order valence-corrected chi connectivity index (χ1v) is 9.69. The first-order chi connectivity index (χ1) is 13.2. The Morgan fingerprint density at radius 3 is 2.93 bits per heavy atom. The molecule has 1 atom stereocenters. The van der Waals surface area contributed by atoms with Gasteiger partial charge in [-0.25, -0.2) is 4.98 Å². The topological polar surface area (TPSA) is 69.8 Å². The summed E-state index contributed by atoms with van der Waals surface area (Å²) in [4.78, 5) is 20.5. The first-order valence-electron chi connectivity index (χ1n) is 9.69. The number of hydrogen-bond donors (Lipinski definition) is 3. The number of piperidine rings is 1. The molecule has 0 bridgehead atoms. The summed E-state index contributed by atoms with van der Waals surface area (Å²) in [5.74, 6) is 0.121. The smallest absolute Gasteiger partial charge is 0.221 e. The van der Waals surface area contributed by atoms with Crippen molar-refractivity contribution in [2.75, 3.05) is 13.1 Å². The lowest BCUT2D eigenvalue weighted by atomic mass is 9.87. The van der Waals surface area contributed by atoms with Gasteiger partial charge in [0.25, 0.3) is 0 Å². The Morgan fingerprint density at radius 2 is 2.11 bits per heavy atom. The molecule has 4 rings (SSSR count). The van der Waals surface area contributed by atoms with Crippen molar-refractivity contribution in [1.29, 1.82) is 0 Å². The predicted octanol–water partition coefficient (Wildman–Crippen LogP) is 3.26. The summed E-state index contributed by atoms with van der Waals surface area (Å²) in [5.41, 5.74) is 4.36. The number of rotatable bonds is 5. The Bertz CT molecular complexity index is 927. The molecule has 3 heterocycles. The largest absolute Gasteiger partial charge is 0.353 e. The second-order valence-corrected chi connectivity index (χ2v) is 7.41. The predicted molar refractivity (Wildman–Crippen MR) is 108 cm³/mol. The van der Waals surface area contributed by atoms with E-state index in [0.29, 0.717) is 6.42 Å². The number of nitrogens with zero attached hydrogens (tertiary/aromatic N) is 1. The van der Waals surface area contributed by atoms with Crippen LogP contribution < -0.4 is 10.6 Å². The fourth-order valence-corrected chi connectivity index (χ4v) is 4.00. The number of amides is 1. The van der Waals surface area contributed by atoms with E-state index in [1.807, 2.05) is 12.3 Å². The number of H-pyrrole nitrogens is 1. The van der Waals surface area contributed by atoms with Crippen LogP contribution in [0, 0.1) is 6.92 Å². The van der Waals surface area contributed by atoms with Gasteiger partial charge in [0.2, 0.25) is 5.91 Å². The van der Waals surface area contributed by atoms with E-state index >= 15 is 0 Å². The number of benzene rings is 1. The molecule has 5 heteroatoms. The zero-order chi connectivity index (χ0) is 18.6. The number of fused-ring (bicyclic) bond motifs is 1. The number of pyridine rings is 1. The maximum absolute atomic E-state index is 12.9. The van der Waals surface area contributed by atoms with Crippen molar-refractivity contribution >= 4 is 16.9 Å². The van der Waals surface area contributed by atoms with Gasteiger partial charge >= 0.3 is 0 Å². The number of nitrogens with one attached hydrogen (secondary N) is 3. The second kappa shape index (κ2) is 7.92. The van der Waals surface area contributed by atoms with Gasteiger partial charge in [-0.15, -0.1) is 0 Å². The van der Waals surface area contributed by atoms with Crippen LogP contribution in [-0.4, -0.2) is 35.0 Å². The van der Waals surface area contributed by atoms with E-state index in [4.69, 9.17) is 0 Å². The van der Waals surface area contributed by atoms with E-state index in [1.165, 1.54) is 11.1 Å². The number of carbonyl (C=O) groups excluding carboxylic acids is 1. The molecule has 0 spiro atoms. The summed E-state index contributed by atoms with van der Waals surface area (Å²) < 4.78 is 0. The zero-order valence-corrected chi connectivity index (χ0v) is 15.7. The fraction of sp³-hybridized carbons (Fsp3) is 0.364. The molecule has 5 nitrogen and oxygen atoms in total.